The van der Waals surface area contributed by atoms with E-state index < -0.39 is 10.8 Å². The van der Waals surface area contributed by atoms with Crippen LogP contribution in [0.2, 0.25) is 0 Å². The van der Waals surface area contributed by atoms with Crippen molar-refractivity contribution in [3.05, 3.63) is 77.4 Å². The summed E-state index contributed by atoms with van der Waals surface area (Å²) < 4.78 is 12.2. The fourth-order valence-electron chi connectivity index (χ4n) is 1.67. The number of hydrogen-bond acceptors (Lipinski definition) is 2. The maximum atomic E-state index is 12.2. The summed E-state index contributed by atoms with van der Waals surface area (Å²) in [7, 11) is -1.11. The van der Waals surface area contributed by atoms with Gasteiger partial charge in [-0.25, -0.2) is 0 Å². The molecule has 2 nitrogen and oxygen atoms in total. The summed E-state index contributed by atoms with van der Waals surface area (Å²) in [5.41, 5.74) is 2.57. The van der Waals surface area contributed by atoms with Crippen molar-refractivity contribution in [1.29, 1.82) is 5.26 Å². The van der Waals surface area contributed by atoms with Crippen LogP contribution in [0.1, 0.15) is 30.5 Å². The second kappa shape index (κ2) is 9.70. The lowest BCUT2D eigenvalue weighted by Gasteiger charge is -2.04. The van der Waals surface area contributed by atoms with Crippen molar-refractivity contribution >= 4 is 10.8 Å². The first-order valence-electron chi connectivity index (χ1n) is 7.12. The monoisotopic (exact) mass is 311 g/mol. The van der Waals surface area contributed by atoms with Crippen LogP contribution in [0.4, 0.5) is 0 Å². The third-order valence-corrected chi connectivity index (χ3v) is 4.41. The molecule has 0 bridgehead atoms. The summed E-state index contributed by atoms with van der Waals surface area (Å²) in [6.07, 6.45) is 4.00. The Balaban J connectivity index is 0.000000541. The molecule has 0 spiro atoms. The molecule has 114 valence electrons. The van der Waals surface area contributed by atoms with Gasteiger partial charge in [0, 0.05) is 4.90 Å². The van der Waals surface area contributed by atoms with Gasteiger partial charge in [-0.2, -0.15) is 5.26 Å². The Morgan fingerprint density at radius 3 is 2.18 bits per heavy atom. The summed E-state index contributed by atoms with van der Waals surface area (Å²) >= 11 is 0. The van der Waals surface area contributed by atoms with E-state index in [4.69, 9.17) is 5.26 Å². The van der Waals surface area contributed by atoms with Gasteiger partial charge in [-0.15, -0.1) is 0 Å². The Hall–Kier alpha value is -2.18. The van der Waals surface area contributed by atoms with Crippen LogP contribution in [0, 0.1) is 18.3 Å². The van der Waals surface area contributed by atoms with Crippen molar-refractivity contribution in [3.8, 4) is 6.07 Å². The SMILES string of the molecule is C/C=C/C.Cc1ccc(S(=O)Cc2ccccc2C#N)cc1. The van der Waals surface area contributed by atoms with Crippen molar-refractivity contribution in [3.63, 3.8) is 0 Å². The molecule has 0 fully saturated rings. The van der Waals surface area contributed by atoms with Gasteiger partial charge in [0.25, 0.3) is 0 Å². The van der Waals surface area contributed by atoms with Gasteiger partial charge in [0.2, 0.25) is 0 Å². The van der Waals surface area contributed by atoms with Crippen molar-refractivity contribution < 1.29 is 4.21 Å². The first-order chi connectivity index (χ1) is 10.6. The molecule has 0 heterocycles. The normalized spacial score (nSPS) is 11.4. The molecule has 1 unspecified atom stereocenters. The zero-order chi connectivity index (χ0) is 16.4. The molecule has 1 atom stereocenters. The third-order valence-electron chi connectivity index (χ3n) is 3.04. The van der Waals surface area contributed by atoms with Gasteiger partial charge in [0.1, 0.15) is 0 Å². The molecule has 2 aromatic rings. The summed E-state index contributed by atoms with van der Waals surface area (Å²) in [4.78, 5) is 0.799. The molecule has 0 saturated carbocycles. The predicted molar refractivity (Wildman–Crippen MR) is 92.9 cm³/mol. The van der Waals surface area contributed by atoms with Gasteiger partial charge in [-0.05, 0) is 44.5 Å². The number of nitrogens with zero attached hydrogens (tertiary/aromatic N) is 1. The Morgan fingerprint density at radius 2 is 1.64 bits per heavy atom. The maximum Gasteiger partial charge on any atom is 0.0994 e. The first-order valence-corrected chi connectivity index (χ1v) is 8.44. The van der Waals surface area contributed by atoms with Crippen LogP contribution in [0.25, 0.3) is 0 Å². The fraction of sp³-hybridized carbons (Fsp3) is 0.211. The maximum absolute atomic E-state index is 12.2. The smallest absolute Gasteiger partial charge is 0.0994 e. The van der Waals surface area contributed by atoms with E-state index in [-0.39, 0.29) is 0 Å². The van der Waals surface area contributed by atoms with Crippen molar-refractivity contribution in [1.82, 2.24) is 0 Å². The number of aryl methyl sites for hydroxylation is 1. The number of allylic oxidation sites excluding steroid dienone is 2. The molecule has 0 saturated heterocycles. The largest absolute Gasteiger partial charge is 0.254 e. The Bertz CT molecular complexity index is 677. The molecule has 0 aliphatic carbocycles. The molecule has 0 amide bonds. The molecule has 0 aliphatic heterocycles. The Morgan fingerprint density at radius 1 is 1.05 bits per heavy atom. The number of hydrogen-bond donors (Lipinski definition) is 0. The van der Waals surface area contributed by atoms with E-state index >= 15 is 0 Å². The predicted octanol–water partition coefficient (Wildman–Crippen LogP) is 4.76. The minimum absolute atomic E-state index is 0.382. The van der Waals surface area contributed by atoms with Crippen LogP contribution in [-0.4, -0.2) is 4.21 Å². The van der Waals surface area contributed by atoms with Crippen molar-refractivity contribution in [2.24, 2.45) is 0 Å². The lowest BCUT2D eigenvalue weighted by atomic mass is 10.1. The number of nitriles is 1. The summed E-state index contributed by atoms with van der Waals surface area (Å²) in [5, 5.41) is 8.99. The highest BCUT2D eigenvalue weighted by atomic mass is 32.2. The molecule has 0 radical (unpaired) electrons. The number of benzene rings is 2. The topological polar surface area (TPSA) is 40.9 Å². The van der Waals surface area contributed by atoms with Crippen LogP contribution in [0.3, 0.4) is 0 Å². The molecular weight excluding hydrogens is 290 g/mol. The van der Waals surface area contributed by atoms with Gasteiger partial charge in [0.15, 0.2) is 0 Å². The van der Waals surface area contributed by atoms with E-state index in [9.17, 15) is 4.21 Å². The molecule has 0 N–H and O–H groups in total. The Labute approximate surface area is 135 Å². The molecule has 0 aromatic heterocycles. The Kier molecular flexibility index (Phi) is 7.88. The fourth-order valence-corrected chi connectivity index (χ4v) is 2.81. The highest BCUT2D eigenvalue weighted by Crippen LogP contribution is 2.15. The van der Waals surface area contributed by atoms with E-state index in [1.807, 2.05) is 75.4 Å². The van der Waals surface area contributed by atoms with Crippen molar-refractivity contribution in [2.75, 3.05) is 0 Å². The second-order valence-corrected chi connectivity index (χ2v) is 6.19. The minimum Gasteiger partial charge on any atom is -0.254 e. The van der Waals surface area contributed by atoms with Gasteiger partial charge >= 0.3 is 0 Å². The van der Waals surface area contributed by atoms with Gasteiger partial charge in [0.05, 0.1) is 28.2 Å². The van der Waals surface area contributed by atoms with Crippen LogP contribution < -0.4 is 0 Å². The molecule has 0 aliphatic rings. The van der Waals surface area contributed by atoms with Crippen LogP contribution >= 0.6 is 0 Å². The molecule has 3 heteroatoms. The van der Waals surface area contributed by atoms with E-state index in [1.165, 1.54) is 0 Å². The molecule has 2 rings (SSSR count). The van der Waals surface area contributed by atoms with Crippen molar-refractivity contribution in [2.45, 2.75) is 31.4 Å². The lowest BCUT2D eigenvalue weighted by molar-refractivity contribution is 0.682. The average molecular weight is 311 g/mol. The summed E-state index contributed by atoms with van der Waals surface area (Å²) in [5.74, 6) is 0.382. The van der Waals surface area contributed by atoms with Gasteiger partial charge in [-0.1, -0.05) is 48.0 Å². The first kappa shape index (κ1) is 17.9. The third kappa shape index (κ3) is 5.67. The van der Waals surface area contributed by atoms with Crippen LogP contribution in [-0.2, 0) is 16.6 Å². The quantitative estimate of drug-likeness (QED) is 0.767. The minimum atomic E-state index is -1.11. The highest BCUT2D eigenvalue weighted by Gasteiger charge is 2.08. The van der Waals surface area contributed by atoms with E-state index in [0.29, 0.717) is 11.3 Å². The zero-order valence-corrected chi connectivity index (χ0v) is 14.1. The lowest BCUT2D eigenvalue weighted by Crippen LogP contribution is -1.98. The number of rotatable bonds is 3. The zero-order valence-electron chi connectivity index (χ0n) is 13.2. The average Bonchev–Trinajstić information content (AvgIpc) is 2.56. The molecule has 22 heavy (non-hydrogen) atoms. The standard InChI is InChI=1S/C15H13NOS.C4H8/c1-12-6-8-15(9-7-12)18(17)11-14-5-3-2-4-13(14)10-16;1-3-4-2/h2-9H,11H2,1H3;3-4H,1-2H3/b;4-3+. The van der Waals surface area contributed by atoms with E-state index in [1.54, 1.807) is 6.07 Å². The summed E-state index contributed by atoms with van der Waals surface area (Å²) in [6.45, 7) is 6.00. The van der Waals surface area contributed by atoms with Crippen LogP contribution in [0.15, 0.2) is 65.6 Å². The van der Waals surface area contributed by atoms with E-state index in [0.717, 1.165) is 16.0 Å². The molecule has 2 aromatic carbocycles. The van der Waals surface area contributed by atoms with E-state index in [2.05, 4.69) is 6.07 Å². The summed E-state index contributed by atoms with van der Waals surface area (Å²) in [6, 6.07) is 17.1. The molecular formula is C19H21NOS. The van der Waals surface area contributed by atoms with Crippen LogP contribution in [0.5, 0.6) is 0 Å². The highest BCUT2D eigenvalue weighted by molar-refractivity contribution is 7.84. The second-order valence-electron chi connectivity index (χ2n) is 4.74. The van der Waals surface area contributed by atoms with Gasteiger partial charge < -0.3 is 0 Å². The van der Waals surface area contributed by atoms with Gasteiger partial charge in [-0.3, -0.25) is 4.21 Å².